The van der Waals surface area contributed by atoms with E-state index in [9.17, 15) is 22.8 Å². The number of rotatable bonds is 3. The maximum Gasteiger partial charge on any atom is 0.417 e. The van der Waals surface area contributed by atoms with Crippen LogP contribution in [0.3, 0.4) is 0 Å². The van der Waals surface area contributed by atoms with Gasteiger partial charge in [-0.3, -0.25) is 4.79 Å². The molecule has 7 heteroatoms. The quantitative estimate of drug-likeness (QED) is 0.875. The molecule has 2 N–H and O–H groups in total. The molecule has 1 amide bonds. The predicted octanol–water partition coefficient (Wildman–Crippen LogP) is 2.04. The third kappa shape index (κ3) is 3.47. The van der Waals surface area contributed by atoms with E-state index in [0.29, 0.717) is 6.07 Å². The smallest absolute Gasteiger partial charge is 0.417 e. The fourth-order valence-electron chi connectivity index (χ4n) is 1.35. The second-order valence-corrected chi connectivity index (χ2v) is 3.59. The van der Waals surface area contributed by atoms with Gasteiger partial charge in [0.15, 0.2) is 0 Å². The molecular weight excluding hydrogens is 251 g/mol. The molecular formula is C11H10F3NO3. The van der Waals surface area contributed by atoms with Crippen LogP contribution in [0.5, 0.6) is 0 Å². The van der Waals surface area contributed by atoms with Crippen LogP contribution in [0.1, 0.15) is 28.4 Å². The number of hydrogen-bond donors (Lipinski definition) is 2. The van der Waals surface area contributed by atoms with Crippen molar-refractivity contribution in [3.63, 3.8) is 0 Å². The molecule has 98 valence electrons. The first-order valence-corrected chi connectivity index (χ1v) is 4.89. The molecule has 0 fully saturated rings. The van der Waals surface area contributed by atoms with Gasteiger partial charge in [0.05, 0.1) is 11.1 Å². The van der Waals surface area contributed by atoms with Gasteiger partial charge in [-0.15, -0.1) is 0 Å². The second-order valence-electron chi connectivity index (χ2n) is 3.59. The number of carboxylic acid groups (broad SMARTS) is 1. The highest BCUT2D eigenvalue weighted by Gasteiger charge is 2.35. The van der Waals surface area contributed by atoms with Gasteiger partial charge in [-0.2, -0.15) is 13.2 Å². The number of nitrogens with one attached hydrogen (secondary N) is 1. The molecule has 0 aromatic heterocycles. The van der Waals surface area contributed by atoms with Gasteiger partial charge in [0.25, 0.3) is 0 Å². The monoisotopic (exact) mass is 261 g/mol. The number of carboxylic acids is 1. The lowest BCUT2D eigenvalue weighted by Crippen LogP contribution is -2.20. The maximum absolute atomic E-state index is 12.5. The van der Waals surface area contributed by atoms with Gasteiger partial charge >= 0.3 is 12.1 Å². The zero-order valence-corrected chi connectivity index (χ0v) is 9.34. The summed E-state index contributed by atoms with van der Waals surface area (Å²) in [5, 5.41) is 11.1. The van der Waals surface area contributed by atoms with Crippen molar-refractivity contribution in [3.05, 3.63) is 34.9 Å². The van der Waals surface area contributed by atoms with E-state index >= 15 is 0 Å². The number of alkyl halides is 3. The topological polar surface area (TPSA) is 66.4 Å². The Labute approximate surface area is 100 Å². The molecule has 1 aromatic carbocycles. The highest BCUT2D eigenvalue weighted by Crippen LogP contribution is 2.32. The summed E-state index contributed by atoms with van der Waals surface area (Å²) in [6.07, 6.45) is -4.72. The highest BCUT2D eigenvalue weighted by atomic mass is 19.4. The number of carbonyl (C=O) groups is 2. The SMILES string of the molecule is CC(=O)NCc1ccc(C(F)(F)F)c(C(=O)O)c1. The van der Waals surface area contributed by atoms with Gasteiger partial charge in [-0.25, -0.2) is 4.79 Å². The van der Waals surface area contributed by atoms with E-state index < -0.39 is 23.3 Å². The molecule has 0 heterocycles. The Kier molecular flexibility index (Phi) is 3.95. The Hall–Kier alpha value is -2.05. The van der Waals surface area contributed by atoms with E-state index in [2.05, 4.69) is 5.32 Å². The average molecular weight is 261 g/mol. The Morgan fingerprint density at radius 3 is 2.39 bits per heavy atom. The van der Waals surface area contributed by atoms with Crippen LogP contribution in [0.25, 0.3) is 0 Å². The van der Waals surface area contributed by atoms with E-state index in [1.807, 2.05) is 0 Å². The Bertz CT molecular complexity index is 483. The molecule has 0 atom stereocenters. The third-order valence-electron chi connectivity index (χ3n) is 2.16. The summed E-state index contributed by atoms with van der Waals surface area (Å²) < 4.78 is 37.6. The molecule has 0 saturated heterocycles. The van der Waals surface area contributed by atoms with E-state index in [4.69, 9.17) is 5.11 Å². The van der Waals surface area contributed by atoms with Gasteiger partial charge in [0.1, 0.15) is 0 Å². The van der Waals surface area contributed by atoms with Crippen LogP contribution in [0.2, 0.25) is 0 Å². The minimum Gasteiger partial charge on any atom is -0.478 e. The summed E-state index contributed by atoms with van der Waals surface area (Å²) in [6, 6.07) is 2.73. The van der Waals surface area contributed by atoms with E-state index in [0.717, 1.165) is 12.1 Å². The van der Waals surface area contributed by atoms with Gasteiger partial charge in [0.2, 0.25) is 5.91 Å². The summed E-state index contributed by atoms with van der Waals surface area (Å²) in [6.45, 7) is 1.23. The summed E-state index contributed by atoms with van der Waals surface area (Å²) >= 11 is 0. The molecule has 0 saturated carbocycles. The molecule has 0 bridgehead atoms. The van der Waals surface area contributed by atoms with Crippen molar-refractivity contribution in [2.45, 2.75) is 19.6 Å². The second kappa shape index (κ2) is 5.07. The molecule has 0 aliphatic heterocycles. The zero-order chi connectivity index (χ0) is 13.9. The maximum atomic E-state index is 12.5. The first-order valence-electron chi connectivity index (χ1n) is 4.89. The Balaban J connectivity index is 3.12. The van der Waals surface area contributed by atoms with E-state index in [1.54, 1.807) is 0 Å². The fourth-order valence-corrected chi connectivity index (χ4v) is 1.35. The lowest BCUT2D eigenvalue weighted by molar-refractivity contribution is -0.138. The number of hydrogen-bond acceptors (Lipinski definition) is 2. The van der Waals surface area contributed by atoms with Gasteiger partial charge in [-0.05, 0) is 17.7 Å². The van der Waals surface area contributed by atoms with Crippen molar-refractivity contribution in [1.82, 2.24) is 5.32 Å². The number of aromatic carboxylic acids is 1. The van der Waals surface area contributed by atoms with Crippen molar-refractivity contribution in [2.75, 3.05) is 0 Å². The molecule has 4 nitrogen and oxygen atoms in total. The van der Waals surface area contributed by atoms with Crippen LogP contribution in [0.4, 0.5) is 13.2 Å². The lowest BCUT2D eigenvalue weighted by Gasteiger charge is -2.11. The van der Waals surface area contributed by atoms with Crippen LogP contribution in [-0.2, 0) is 17.5 Å². The van der Waals surface area contributed by atoms with Gasteiger partial charge in [0, 0.05) is 13.5 Å². The average Bonchev–Trinajstić information content (AvgIpc) is 2.24. The lowest BCUT2D eigenvalue weighted by atomic mass is 10.0. The van der Waals surface area contributed by atoms with Crippen molar-refractivity contribution in [3.8, 4) is 0 Å². The number of benzene rings is 1. The largest absolute Gasteiger partial charge is 0.478 e. The molecule has 0 aliphatic carbocycles. The van der Waals surface area contributed by atoms with Crippen molar-refractivity contribution >= 4 is 11.9 Å². The predicted molar refractivity (Wildman–Crippen MR) is 55.9 cm³/mol. The summed E-state index contributed by atoms with van der Waals surface area (Å²) in [5.41, 5.74) is -1.75. The first-order chi connectivity index (χ1) is 8.21. The third-order valence-corrected chi connectivity index (χ3v) is 2.16. The van der Waals surface area contributed by atoms with Crippen molar-refractivity contribution in [1.29, 1.82) is 0 Å². The zero-order valence-electron chi connectivity index (χ0n) is 9.34. The normalized spacial score (nSPS) is 11.1. The molecule has 18 heavy (non-hydrogen) atoms. The fraction of sp³-hybridized carbons (Fsp3) is 0.273. The van der Waals surface area contributed by atoms with Crippen molar-refractivity contribution < 1.29 is 27.9 Å². The van der Waals surface area contributed by atoms with Crippen LogP contribution in [0, 0.1) is 0 Å². The first kappa shape index (κ1) is 14.0. The minimum absolute atomic E-state index is 0.0201. The minimum atomic E-state index is -4.72. The van der Waals surface area contributed by atoms with Crippen LogP contribution < -0.4 is 5.32 Å². The number of carbonyl (C=O) groups excluding carboxylic acids is 1. The molecule has 1 rings (SSSR count). The molecule has 0 aliphatic rings. The van der Waals surface area contributed by atoms with Gasteiger partial charge in [-0.1, -0.05) is 6.07 Å². The number of halogens is 3. The van der Waals surface area contributed by atoms with Crippen molar-refractivity contribution in [2.24, 2.45) is 0 Å². The molecule has 0 unspecified atom stereocenters. The molecule has 0 radical (unpaired) electrons. The molecule has 1 aromatic rings. The van der Waals surface area contributed by atoms with Crippen LogP contribution in [0.15, 0.2) is 18.2 Å². The Morgan fingerprint density at radius 2 is 1.94 bits per heavy atom. The highest BCUT2D eigenvalue weighted by molar-refractivity contribution is 5.90. The summed E-state index contributed by atoms with van der Waals surface area (Å²) in [7, 11) is 0. The molecule has 0 spiro atoms. The summed E-state index contributed by atoms with van der Waals surface area (Å²) in [5.74, 6) is -2.02. The van der Waals surface area contributed by atoms with Crippen LogP contribution >= 0.6 is 0 Å². The Morgan fingerprint density at radius 1 is 1.33 bits per heavy atom. The van der Waals surface area contributed by atoms with Crippen LogP contribution in [-0.4, -0.2) is 17.0 Å². The van der Waals surface area contributed by atoms with E-state index in [1.165, 1.54) is 6.92 Å². The van der Waals surface area contributed by atoms with Gasteiger partial charge < -0.3 is 10.4 Å². The van der Waals surface area contributed by atoms with E-state index in [-0.39, 0.29) is 18.0 Å². The standard InChI is InChI=1S/C11H10F3NO3/c1-6(16)15-5-7-2-3-9(11(12,13)14)8(4-7)10(17)18/h2-4H,5H2,1H3,(H,15,16)(H,17,18). The number of amides is 1. The summed E-state index contributed by atoms with van der Waals surface area (Å²) in [4.78, 5) is 21.4.